The molecule has 0 bridgehead atoms. The molecule has 3 aromatic heterocycles. The summed E-state index contributed by atoms with van der Waals surface area (Å²) in [7, 11) is 0. The summed E-state index contributed by atoms with van der Waals surface area (Å²) in [6, 6.07) is 52.5. The lowest BCUT2D eigenvalue weighted by Crippen LogP contribution is -2.15. The van der Waals surface area contributed by atoms with E-state index in [0.29, 0.717) is 17.5 Å². The molecule has 0 saturated carbocycles. The number of hydrogen-bond acceptors (Lipinski definition) is 5. The zero-order valence-electron chi connectivity index (χ0n) is 29.1. The van der Waals surface area contributed by atoms with Crippen molar-refractivity contribution >= 4 is 43.9 Å². The minimum Gasteiger partial charge on any atom is -0.456 e. The Hall–Kier alpha value is -6.85. The van der Waals surface area contributed by atoms with E-state index in [1.165, 1.54) is 22.3 Å². The number of aromatic nitrogens is 3. The highest BCUT2D eigenvalue weighted by Gasteiger charge is 2.38. The summed E-state index contributed by atoms with van der Waals surface area (Å²) in [5.74, 6) is 1.78. The van der Waals surface area contributed by atoms with Gasteiger partial charge in [-0.3, -0.25) is 0 Å². The minimum absolute atomic E-state index is 0.212. The Kier molecular flexibility index (Phi) is 6.23. The smallest absolute Gasteiger partial charge is 0.167 e. The maximum absolute atomic E-state index is 6.54. The fraction of sp³-hybridized carbons (Fsp3) is 0.0625. The van der Waals surface area contributed by atoms with Gasteiger partial charge in [0.05, 0.1) is 5.56 Å². The van der Waals surface area contributed by atoms with Gasteiger partial charge in [-0.25, -0.2) is 15.0 Å². The van der Waals surface area contributed by atoms with Gasteiger partial charge in [-0.05, 0) is 64.2 Å². The van der Waals surface area contributed by atoms with E-state index in [1.807, 2.05) is 66.7 Å². The highest BCUT2D eigenvalue weighted by atomic mass is 16.3. The standard InChI is InChI=1S/C48H31N3O2/c1-48(2)39-25-22-30(27-38(39)34-23-24-36-33-17-7-9-21-41(33)53-44(36)42(34)48)29-14-10-15-31(26-29)46-49-45(28-12-4-3-5-13-28)50-47(51-46)37-19-11-18-35-32-16-6-8-20-40(32)52-43(35)37/h3-27H,1-2H3. The van der Waals surface area contributed by atoms with Crippen LogP contribution in [0.15, 0.2) is 160 Å². The highest BCUT2D eigenvalue weighted by molar-refractivity contribution is 6.10. The number of para-hydroxylation sites is 3. The van der Waals surface area contributed by atoms with Gasteiger partial charge in [0.1, 0.15) is 22.3 Å². The number of hydrogen-bond donors (Lipinski definition) is 0. The second-order valence-corrected chi connectivity index (χ2v) is 14.4. The molecule has 10 aromatic rings. The summed E-state index contributed by atoms with van der Waals surface area (Å²) in [5, 5.41) is 4.42. The summed E-state index contributed by atoms with van der Waals surface area (Å²) in [5.41, 5.74) is 13.2. The van der Waals surface area contributed by atoms with Crippen LogP contribution in [0.2, 0.25) is 0 Å². The lowest BCUT2D eigenvalue weighted by Gasteiger charge is -2.21. The average Bonchev–Trinajstić information content (AvgIpc) is 3.85. The van der Waals surface area contributed by atoms with Gasteiger partial charge in [0.2, 0.25) is 0 Å². The van der Waals surface area contributed by atoms with Crippen molar-refractivity contribution < 1.29 is 8.83 Å². The molecule has 0 amide bonds. The zero-order valence-corrected chi connectivity index (χ0v) is 29.1. The Labute approximate surface area is 305 Å². The average molecular weight is 682 g/mol. The lowest BCUT2D eigenvalue weighted by atomic mass is 9.81. The third-order valence-electron chi connectivity index (χ3n) is 10.9. The molecule has 0 spiro atoms. The largest absolute Gasteiger partial charge is 0.456 e. The van der Waals surface area contributed by atoms with E-state index in [1.54, 1.807) is 0 Å². The van der Waals surface area contributed by atoms with E-state index in [2.05, 4.69) is 98.8 Å². The van der Waals surface area contributed by atoms with E-state index in [9.17, 15) is 0 Å². The van der Waals surface area contributed by atoms with Crippen LogP contribution >= 0.6 is 0 Å². The van der Waals surface area contributed by atoms with Crippen molar-refractivity contribution in [2.75, 3.05) is 0 Å². The number of rotatable bonds is 4. The highest BCUT2D eigenvalue weighted by Crippen LogP contribution is 2.53. The van der Waals surface area contributed by atoms with E-state index >= 15 is 0 Å². The molecular weight excluding hydrogens is 651 g/mol. The van der Waals surface area contributed by atoms with Crippen molar-refractivity contribution in [2.45, 2.75) is 19.3 Å². The maximum atomic E-state index is 6.54. The van der Waals surface area contributed by atoms with Gasteiger partial charge in [-0.1, -0.05) is 129 Å². The predicted octanol–water partition coefficient (Wildman–Crippen LogP) is 12.6. The van der Waals surface area contributed by atoms with Gasteiger partial charge in [0.25, 0.3) is 0 Å². The molecule has 0 N–H and O–H groups in total. The molecule has 250 valence electrons. The van der Waals surface area contributed by atoms with E-state index in [0.717, 1.165) is 71.7 Å². The van der Waals surface area contributed by atoms with Gasteiger partial charge in [-0.2, -0.15) is 0 Å². The first-order valence-corrected chi connectivity index (χ1v) is 17.9. The molecule has 11 rings (SSSR count). The van der Waals surface area contributed by atoms with Crippen LogP contribution in [0.3, 0.4) is 0 Å². The third-order valence-corrected chi connectivity index (χ3v) is 10.9. The van der Waals surface area contributed by atoms with E-state index < -0.39 is 0 Å². The first kappa shape index (κ1) is 29.8. The van der Waals surface area contributed by atoms with Crippen molar-refractivity contribution in [1.29, 1.82) is 0 Å². The predicted molar refractivity (Wildman–Crippen MR) is 214 cm³/mol. The molecule has 0 radical (unpaired) electrons. The normalized spacial score (nSPS) is 13.2. The SMILES string of the molecule is CC1(C)c2ccc(-c3cccc(-c4nc(-c5ccccc5)nc(-c5cccc6c5oc5ccccc56)n4)c3)cc2-c2ccc3c(oc4ccccc43)c21. The number of fused-ring (bicyclic) bond motifs is 10. The molecule has 1 aliphatic carbocycles. The van der Waals surface area contributed by atoms with Gasteiger partial charge < -0.3 is 8.83 Å². The van der Waals surface area contributed by atoms with Crippen LogP contribution in [-0.2, 0) is 5.41 Å². The molecule has 3 heterocycles. The Morgan fingerprint density at radius 1 is 0.396 bits per heavy atom. The number of furan rings is 2. The van der Waals surface area contributed by atoms with Crippen molar-refractivity contribution in [2.24, 2.45) is 0 Å². The van der Waals surface area contributed by atoms with E-state index in [4.69, 9.17) is 23.8 Å². The van der Waals surface area contributed by atoms with Crippen LogP contribution in [0.4, 0.5) is 0 Å². The molecule has 0 unspecified atom stereocenters. The van der Waals surface area contributed by atoms with Crippen molar-refractivity contribution in [3.05, 3.63) is 163 Å². The second-order valence-electron chi connectivity index (χ2n) is 14.4. The summed E-state index contributed by atoms with van der Waals surface area (Å²) >= 11 is 0. The molecule has 5 nitrogen and oxygen atoms in total. The first-order valence-electron chi connectivity index (χ1n) is 17.9. The maximum Gasteiger partial charge on any atom is 0.167 e. The third kappa shape index (κ3) is 4.47. The number of benzene rings is 7. The van der Waals surface area contributed by atoms with Gasteiger partial charge >= 0.3 is 0 Å². The van der Waals surface area contributed by atoms with Crippen LogP contribution < -0.4 is 0 Å². The monoisotopic (exact) mass is 681 g/mol. The van der Waals surface area contributed by atoms with Crippen molar-refractivity contribution in [3.8, 4) is 56.4 Å². The minimum atomic E-state index is -0.212. The molecule has 0 fully saturated rings. The molecule has 0 atom stereocenters. The summed E-state index contributed by atoms with van der Waals surface area (Å²) in [4.78, 5) is 15.2. The van der Waals surface area contributed by atoms with Crippen molar-refractivity contribution in [3.63, 3.8) is 0 Å². The fourth-order valence-corrected chi connectivity index (χ4v) is 8.36. The van der Waals surface area contributed by atoms with Gasteiger partial charge in [0.15, 0.2) is 17.5 Å². The van der Waals surface area contributed by atoms with E-state index in [-0.39, 0.29) is 5.41 Å². The topological polar surface area (TPSA) is 65.0 Å². The number of nitrogens with zero attached hydrogens (tertiary/aromatic N) is 3. The van der Waals surface area contributed by atoms with Crippen LogP contribution in [0, 0.1) is 0 Å². The zero-order chi connectivity index (χ0) is 35.3. The molecule has 7 aromatic carbocycles. The first-order chi connectivity index (χ1) is 26.0. The quantitative estimate of drug-likeness (QED) is 0.185. The molecule has 0 saturated heterocycles. The summed E-state index contributed by atoms with van der Waals surface area (Å²) in [6.45, 7) is 4.61. The Morgan fingerprint density at radius 3 is 1.77 bits per heavy atom. The molecule has 0 aliphatic heterocycles. The summed E-state index contributed by atoms with van der Waals surface area (Å²) < 4.78 is 13.0. The Morgan fingerprint density at radius 2 is 0.981 bits per heavy atom. The molecular formula is C48H31N3O2. The second kappa shape index (κ2) is 11.1. The van der Waals surface area contributed by atoms with Gasteiger partial charge in [0, 0.05) is 43.7 Å². The van der Waals surface area contributed by atoms with Crippen LogP contribution in [0.5, 0.6) is 0 Å². The van der Waals surface area contributed by atoms with Gasteiger partial charge in [-0.15, -0.1) is 0 Å². The Balaban J connectivity index is 1.05. The van der Waals surface area contributed by atoms with Crippen LogP contribution in [0.25, 0.3) is 100 Å². The molecule has 53 heavy (non-hydrogen) atoms. The molecule has 5 heteroatoms. The Bertz CT molecular complexity index is 3100. The fourth-order valence-electron chi connectivity index (χ4n) is 8.36. The summed E-state index contributed by atoms with van der Waals surface area (Å²) in [6.07, 6.45) is 0. The molecule has 1 aliphatic rings. The lowest BCUT2D eigenvalue weighted by molar-refractivity contribution is 0.620. The van der Waals surface area contributed by atoms with Crippen molar-refractivity contribution in [1.82, 2.24) is 15.0 Å². The van der Waals surface area contributed by atoms with Crippen LogP contribution in [-0.4, -0.2) is 15.0 Å². The van der Waals surface area contributed by atoms with Crippen LogP contribution in [0.1, 0.15) is 25.0 Å².